The Hall–Kier alpha value is -3.82. The first-order valence-electron chi connectivity index (χ1n) is 10.1. The third-order valence-electron chi connectivity index (χ3n) is 4.01. The number of hydrogen-bond acceptors (Lipinski definition) is 6. The summed E-state index contributed by atoms with van der Waals surface area (Å²) in [4.78, 5) is 36.4. The van der Waals surface area contributed by atoms with Gasteiger partial charge in [-0.1, -0.05) is 12.1 Å². The van der Waals surface area contributed by atoms with Crippen LogP contribution in [0.2, 0.25) is 0 Å². The minimum atomic E-state index is -0.751. The van der Waals surface area contributed by atoms with E-state index in [0.717, 1.165) is 6.07 Å². The largest absolute Gasteiger partial charge is 0.490 e. The van der Waals surface area contributed by atoms with Crippen molar-refractivity contribution in [2.45, 2.75) is 20.8 Å². The summed E-state index contributed by atoms with van der Waals surface area (Å²) >= 11 is 0. The third kappa shape index (κ3) is 6.59. The average molecular weight is 447 g/mol. The summed E-state index contributed by atoms with van der Waals surface area (Å²) in [5.74, 6) is -1.76. The maximum absolute atomic E-state index is 13.6. The number of ether oxygens (including phenoxy) is 3. The van der Waals surface area contributed by atoms with Gasteiger partial charge in [0, 0.05) is 5.56 Å². The summed E-state index contributed by atoms with van der Waals surface area (Å²) in [7, 11) is 0. The van der Waals surface area contributed by atoms with Gasteiger partial charge in [-0.25, -0.2) is 4.39 Å². The van der Waals surface area contributed by atoms with Gasteiger partial charge in [0.1, 0.15) is 5.82 Å². The van der Waals surface area contributed by atoms with E-state index in [1.54, 1.807) is 13.8 Å². The Morgan fingerprint density at radius 3 is 2.00 bits per heavy atom. The number of benzene rings is 2. The highest BCUT2D eigenvalue weighted by atomic mass is 19.1. The zero-order valence-electron chi connectivity index (χ0n) is 18.1. The second kappa shape index (κ2) is 12.1. The van der Waals surface area contributed by atoms with Crippen LogP contribution in [0, 0.1) is 5.82 Å². The molecule has 0 fully saturated rings. The lowest BCUT2D eigenvalue weighted by Gasteiger charge is -2.17. The van der Waals surface area contributed by atoms with Crippen LogP contribution in [-0.4, -0.2) is 44.1 Å². The van der Waals surface area contributed by atoms with Gasteiger partial charge in [-0.3, -0.25) is 25.2 Å². The fourth-order valence-electron chi connectivity index (χ4n) is 2.66. The number of halogens is 1. The normalized spacial score (nSPS) is 10.1. The lowest BCUT2D eigenvalue weighted by atomic mass is 10.1. The summed E-state index contributed by atoms with van der Waals surface area (Å²) in [6, 6.07) is 8.32. The van der Waals surface area contributed by atoms with Crippen LogP contribution in [0.15, 0.2) is 36.4 Å². The van der Waals surface area contributed by atoms with Crippen LogP contribution < -0.4 is 30.4 Å². The molecule has 0 aliphatic carbocycles. The van der Waals surface area contributed by atoms with E-state index >= 15 is 0 Å². The Labute approximate surface area is 185 Å². The highest BCUT2D eigenvalue weighted by Gasteiger charge is 2.19. The standard InChI is InChI=1S/C22H26FN3O6/c1-4-30-17-11-14(12-18(31-5-2)20(17)32-6-3)21(28)26-25-19(27)13-24-22(29)15-9-7-8-10-16(15)23/h7-12H,4-6,13H2,1-3H3,(H,24,29)(H,25,27)(H,26,28). The molecular weight excluding hydrogens is 421 g/mol. The van der Waals surface area contributed by atoms with E-state index in [2.05, 4.69) is 16.2 Å². The van der Waals surface area contributed by atoms with Gasteiger partial charge >= 0.3 is 0 Å². The Kier molecular flexibility index (Phi) is 9.27. The number of carbonyl (C=O) groups is 3. The van der Waals surface area contributed by atoms with Crippen LogP contribution in [-0.2, 0) is 4.79 Å². The van der Waals surface area contributed by atoms with Gasteiger partial charge in [-0.15, -0.1) is 0 Å². The minimum absolute atomic E-state index is 0.163. The van der Waals surface area contributed by atoms with Gasteiger partial charge in [0.05, 0.1) is 31.9 Å². The Balaban J connectivity index is 2.01. The van der Waals surface area contributed by atoms with Crippen molar-refractivity contribution in [2.24, 2.45) is 0 Å². The fraction of sp³-hybridized carbons (Fsp3) is 0.318. The van der Waals surface area contributed by atoms with E-state index in [0.29, 0.717) is 37.1 Å². The molecule has 32 heavy (non-hydrogen) atoms. The van der Waals surface area contributed by atoms with E-state index in [1.165, 1.54) is 30.3 Å². The number of rotatable bonds is 10. The zero-order chi connectivity index (χ0) is 23.5. The van der Waals surface area contributed by atoms with Crippen LogP contribution in [0.5, 0.6) is 17.2 Å². The molecule has 0 saturated carbocycles. The SMILES string of the molecule is CCOc1cc(C(=O)NNC(=O)CNC(=O)c2ccccc2F)cc(OCC)c1OCC. The van der Waals surface area contributed by atoms with Crippen molar-refractivity contribution < 1.29 is 33.0 Å². The van der Waals surface area contributed by atoms with Crippen molar-refractivity contribution in [2.75, 3.05) is 26.4 Å². The number of hydrogen-bond donors (Lipinski definition) is 3. The topological polar surface area (TPSA) is 115 Å². The molecule has 0 aliphatic rings. The number of carbonyl (C=O) groups excluding carboxylic acids is 3. The summed E-state index contributed by atoms with van der Waals surface area (Å²) < 4.78 is 30.3. The third-order valence-corrected chi connectivity index (χ3v) is 4.01. The van der Waals surface area contributed by atoms with E-state index < -0.39 is 30.1 Å². The summed E-state index contributed by atoms with van der Waals surface area (Å²) in [6.45, 7) is 5.99. The first-order valence-corrected chi connectivity index (χ1v) is 10.1. The molecule has 2 rings (SSSR count). The first kappa shape index (κ1) is 24.4. The Bertz CT molecular complexity index is 939. The summed E-state index contributed by atoms with van der Waals surface area (Å²) in [6.07, 6.45) is 0. The molecule has 3 N–H and O–H groups in total. The molecule has 0 unspecified atom stereocenters. The van der Waals surface area contributed by atoms with Gasteiger partial charge in [0.25, 0.3) is 17.7 Å². The van der Waals surface area contributed by atoms with Crippen molar-refractivity contribution in [1.29, 1.82) is 0 Å². The summed E-state index contributed by atoms with van der Waals surface area (Å²) in [5, 5.41) is 2.28. The molecule has 0 bridgehead atoms. The fourth-order valence-corrected chi connectivity index (χ4v) is 2.66. The quantitative estimate of drug-likeness (QED) is 0.481. The van der Waals surface area contributed by atoms with Gasteiger partial charge in [-0.05, 0) is 45.0 Å². The highest BCUT2D eigenvalue weighted by molar-refractivity contribution is 5.98. The molecule has 0 aromatic heterocycles. The number of nitrogens with one attached hydrogen (secondary N) is 3. The number of hydrazine groups is 1. The second-order valence-electron chi connectivity index (χ2n) is 6.27. The first-order chi connectivity index (χ1) is 15.4. The predicted octanol–water partition coefficient (Wildman–Crippen LogP) is 2.21. The molecule has 2 aromatic rings. The van der Waals surface area contributed by atoms with Crippen molar-refractivity contribution in [3.63, 3.8) is 0 Å². The molecule has 0 saturated heterocycles. The molecule has 3 amide bonds. The van der Waals surface area contributed by atoms with Crippen LogP contribution in [0.3, 0.4) is 0 Å². The van der Waals surface area contributed by atoms with E-state index in [-0.39, 0.29) is 11.1 Å². The molecule has 2 aromatic carbocycles. The van der Waals surface area contributed by atoms with Gasteiger partial charge < -0.3 is 19.5 Å². The number of amides is 3. The van der Waals surface area contributed by atoms with Crippen molar-refractivity contribution in [3.8, 4) is 17.2 Å². The predicted molar refractivity (Wildman–Crippen MR) is 114 cm³/mol. The van der Waals surface area contributed by atoms with Crippen LogP contribution in [0.25, 0.3) is 0 Å². The van der Waals surface area contributed by atoms with Crippen molar-refractivity contribution in [3.05, 3.63) is 53.3 Å². The zero-order valence-corrected chi connectivity index (χ0v) is 18.1. The molecule has 10 heteroatoms. The van der Waals surface area contributed by atoms with Gasteiger partial charge in [0.15, 0.2) is 11.5 Å². The Morgan fingerprint density at radius 2 is 1.44 bits per heavy atom. The van der Waals surface area contributed by atoms with E-state index in [9.17, 15) is 18.8 Å². The lowest BCUT2D eigenvalue weighted by molar-refractivity contribution is -0.120. The molecule has 0 atom stereocenters. The molecule has 9 nitrogen and oxygen atoms in total. The maximum Gasteiger partial charge on any atom is 0.269 e. The lowest BCUT2D eigenvalue weighted by Crippen LogP contribution is -2.46. The van der Waals surface area contributed by atoms with Crippen LogP contribution in [0.1, 0.15) is 41.5 Å². The molecule has 0 spiro atoms. The van der Waals surface area contributed by atoms with Crippen molar-refractivity contribution in [1.82, 2.24) is 16.2 Å². The second-order valence-corrected chi connectivity index (χ2v) is 6.27. The molecular formula is C22H26FN3O6. The van der Waals surface area contributed by atoms with Crippen molar-refractivity contribution >= 4 is 17.7 Å². The minimum Gasteiger partial charge on any atom is -0.490 e. The molecule has 0 heterocycles. The van der Waals surface area contributed by atoms with Gasteiger partial charge in [0.2, 0.25) is 5.75 Å². The van der Waals surface area contributed by atoms with E-state index in [1.807, 2.05) is 6.92 Å². The smallest absolute Gasteiger partial charge is 0.269 e. The van der Waals surface area contributed by atoms with Crippen LogP contribution in [0.4, 0.5) is 4.39 Å². The van der Waals surface area contributed by atoms with Gasteiger partial charge in [-0.2, -0.15) is 0 Å². The molecule has 0 aliphatic heterocycles. The Morgan fingerprint density at radius 1 is 0.844 bits per heavy atom. The van der Waals surface area contributed by atoms with E-state index in [4.69, 9.17) is 14.2 Å². The maximum atomic E-state index is 13.6. The summed E-state index contributed by atoms with van der Waals surface area (Å²) in [5.41, 5.74) is 4.41. The molecule has 0 radical (unpaired) electrons. The average Bonchev–Trinajstić information content (AvgIpc) is 2.78. The highest BCUT2D eigenvalue weighted by Crippen LogP contribution is 2.39. The van der Waals surface area contributed by atoms with Crippen LogP contribution >= 0.6 is 0 Å². The molecule has 172 valence electrons. The monoisotopic (exact) mass is 447 g/mol.